The molecule has 0 aliphatic carbocycles. The summed E-state index contributed by atoms with van der Waals surface area (Å²) in [6.45, 7) is 5.27. The van der Waals surface area contributed by atoms with Gasteiger partial charge in [-0.2, -0.15) is 0 Å². The quantitative estimate of drug-likeness (QED) is 0.460. The second-order valence-electron chi connectivity index (χ2n) is 3.44. The number of amides is 1. The molecule has 0 bridgehead atoms. The lowest BCUT2D eigenvalue weighted by atomic mass is 9.90. The van der Waals surface area contributed by atoms with E-state index >= 15 is 0 Å². The molecule has 0 atom stereocenters. The van der Waals surface area contributed by atoms with Crippen LogP contribution in [0.25, 0.3) is 0 Å². The molecule has 0 aromatic rings. The van der Waals surface area contributed by atoms with Crippen molar-refractivity contribution < 1.29 is 14.8 Å². The highest BCUT2D eigenvalue weighted by Crippen LogP contribution is 2.11. The molecule has 0 saturated carbocycles. The van der Waals surface area contributed by atoms with Gasteiger partial charge in [0.15, 0.2) is 0 Å². The molecule has 0 spiro atoms. The summed E-state index contributed by atoms with van der Waals surface area (Å²) in [5.41, 5.74) is -0.477. The first-order valence-corrected chi connectivity index (χ1v) is 3.48. The largest absolute Gasteiger partial charge is 0.472 e. The lowest BCUT2D eigenvalue weighted by Gasteiger charge is -2.17. The van der Waals surface area contributed by atoms with Gasteiger partial charge in [-0.1, -0.05) is 20.8 Å². The van der Waals surface area contributed by atoms with Crippen LogP contribution in [0.1, 0.15) is 20.8 Å². The predicted molar refractivity (Wildman–Crippen MR) is 42.7 cm³/mol. The highest BCUT2D eigenvalue weighted by atomic mass is 16.4. The van der Waals surface area contributed by atoms with E-state index in [0.717, 1.165) is 0 Å². The van der Waals surface area contributed by atoms with Gasteiger partial charge in [0.05, 0.1) is 6.44 Å². The second kappa shape index (κ2) is 3.73. The maximum absolute atomic E-state index is 11.0. The minimum atomic E-state index is -1.47. The van der Waals surface area contributed by atoms with Gasteiger partial charge in [-0.05, 0) is 0 Å². The minimum Gasteiger partial charge on any atom is -0.426 e. The molecule has 0 heterocycles. The average molecular weight is 159 g/mol. The van der Waals surface area contributed by atoms with Crippen molar-refractivity contribution in [1.82, 2.24) is 5.32 Å². The lowest BCUT2D eigenvalue weighted by Crippen LogP contribution is -2.41. The van der Waals surface area contributed by atoms with Gasteiger partial charge in [-0.3, -0.25) is 4.79 Å². The van der Waals surface area contributed by atoms with Gasteiger partial charge in [0.25, 0.3) is 0 Å². The molecule has 4 nitrogen and oxygen atoms in total. The van der Waals surface area contributed by atoms with Gasteiger partial charge in [0.2, 0.25) is 5.91 Å². The zero-order chi connectivity index (χ0) is 9.07. The molecule has 0 radical (unpaired) electrons. The first-order chi connectivity index (χ1) is 4.84. The van der Waals surface area contributed by atoms with Crippen LogP contribution in [0, 0.1) is 5.41 Å². The molecule has 11 heavy (non-hydrogen) atoms. The summed E-state index contributed by atoms with van der Waals surface area (Å²) < 4.78 is 0. The van der Waals surface area contributed by atoms with Crippen LogP contribution in [0.15, 0.2) is 0 Å². The Bertz CT molecular complexity index is 141. The van der Waals surface area contributed by atoms with Gasteiger partial charge in [-0.25, -0.2) is 0 Å². The molecule has 64 valence electrons. The summed E-state index contributed by atoms with van der Waals surface area (Å²) in [4.78, 5) is 11.0. The van der Waals surface area contributed by atoms with Crippen LogP contribution < -0.4 is 5.32 Å². The van der Waals surface area contributed by atoms with Crippen molar-refractivity contribution in [3.05, 3.63) is 0 Å². The Morgan fingerprint density at radius 2 is 1.91 bits per heavy atom. The predicted octanol–water partition coefficient (Wildman–Crippen LogP) is -0.839. The summed E-state index contributed by atoms with van der Waals surface area (Å²) in [7, 11) is -1.47. The monoisotopic (exact) mass is 159 g/mol. The van der Waals surface area contributed by atoms with E-state index in [1.807, 2.05) is 0 Å². The molecule has 3 N–H and O–H groups in total. The molecule has 0 unspecified atom stereocenters. The van der Waals surface area contributed by atoms with E-state index in [-0.39, 0.29) is 12.4 Å². The van der Waals surface area contributed by atoms with E-state index in [9.17, 15) is 4.79 Å². The number of carbonyl (C=O) groups is 1. The number of carbonyl (C=O) groups excluding carboxylic acids is 1. The number of nitrogens with one attached hydrogen (secondary N) is 1. The van der Waals surface area contributed by atoms with Crippen molar-refractivity contribution in [3.8, 4) is 0 Å². The van der Waals surface area contributed by atoms with Gasteiger partial charge in [0, 0.05) is 5.41 Å². The van der Waals surface area contributed by atoms with Gasteiger partial charge in [-0.15, -0.1) is 0 Å². The molecular weight excluding hydrogens is 145 g/mol. The Hall–Kier alpha value is -0.545. The van der Waals surface area contributed by atoms with E-state index in [0.29, 0.717) is 0 Å². The third-order valence-electron chi connectivity index (χ3n) is 1.13. The molecule has 5 heteroatoms. The van der Waals surface area contributed by atoms with Crippen molar-refractivity contribution in [2.24, 2.45) is 5.41 Å². The Kier molecular flexibility index (Phi) is 3.55. The zero-order valence-corrected chi connectivity index (χ0v) is 7.09. The van der Waals surface area contributed by atoms with Gasteiger partial charge < -0.3 is 15.4 Å². The normalized spacial score (nSPS) is 11.0. The van der Waals surface area contributed by atoms with Gasteiger partial charge >= 0.3 is 7.12 Å². The van der Waals surface area contributed by atoms with Crippen molar-refractivity contribution in [2.45, 2.75) is 20.8 Å². The van der Waals surface area contributed by atoms with Crippen LogP contribution in [0.5, 0.6) is 0 Å². The lowest BCUT2D eigenvalue weighted by molar-refractivity contribution is -0.128. The van der Waals surface area contributed by atoms with Crippen LogP contribution in [0.4, 0.5) is 0 Å². The Labute approximate surface area is 66.8 Å². The maximum Gasteiger partial charge on any atom is 0.472 e. The average Bonchev–Trinajstić information content (AvgIpc) is 1.80. The van der Waals surface area contributed by atoms with E-state index in [2.05, 4.69) is 5.32 Å². The highest BCUT2D eigenvalue weighted by molar-refractivity contribution is 6.41. The minimum absolute atomic E-state index is 0.115. The molecule has 1 amide bonds. The number of hydrogen-bond acceptors (Lipinski definition) is 3. The summed E-state index contributed by atoms with van der Waals surface area (Å²) in [6, 6.07) is 0. The fourth-order valence-electron chi connectivity index (χ4n) is 0.449. The van der Waals surface area contributed by atoms with Crippen LogP contribution in [0.2, 0.25) is 0 Å². The molecule has 0 aliphatic heterocycles. The molecule has 0 rings (SSSR count). The van der Waals surface area contributed by atoms with Gasteiger partial charge in [0.1, 0.15) is 0 Å². The molecule has 0 aliphatic rings. The summed E-state index contributed by atoms with van der Waals surface area (Å²) >= 11 is 0. The van der Waals surface area contributed by atoms with E-state index in [4.69, 9.17) is 10.0 Å². The Morgan fingerprint density at radius 3 is 2.18 bits per heavy atom. The summed E-state index contributed by atoms with van der Waals surface area (Å²) in [5, 5.41) is 19.2. The van der Waals surface area contributed by atoms with Crippen LogP contribution >= 0.6 is 0 Å². The molecule has 0 aromatic heterocycles. The van der Waals surface area contributed by atoms with Crippen molar-refractivity contribution >= 4 is 13.0 Å². The van der Waals surface area contributed by atoms with E-state index < -0.39 is 12.5 Å². The Morgan fingerprint density at radius 1 is 1.45 bits per heavy atom. The fraction of sp³-hybridized carbons (Fsp3) is 0.833. The maximum atomic E-state index is 11.0. The second-order valence-corrected chi connectivity index (χ2v) is 3.44. The van der Waals surface area contributed by atoms with E-state index in [1.165, 1.54) is 0 Å². The fourth-order valence-corrected chi connectivity index (χ4v) is 0.449. The summed E-state index contributed by atoms with van der Waals surface area (Å²) in [6.07, 6.45) is -0.115. The molecular formula is C6H14BNO3. The van der Waals surface area contributed by atoms with Crippen molar-refractivity contribution in [2.75, 3.05) is 6.44 Å². The molecule has 0 fully saturated rings. The first kappa shape index (κ1) is 10.5. The molecule has 0 aromatic carbocycles. The Balaban J connectivity index is 3.71. The SMILES string of the molecule is CC(C)(C)C(=O)NCB(O)O. The third kappa shape index (κ3) is 4.81. The highest BCUT2D eigenvalue weighted by Gasteiger charge is 2.21. The van der Waals surface area contributed by atoms with Crippen LogP contribution in [-0.2, 0) is 4.79 Å². The van der Waals surface area contributed by atoms with Crippen LogP contribution in [0.3, 0.4) is 0 Å². The van der Waals surface area contributed by atoms with Crippen LogP contribution in [-0.4, -0.2) is 29.5 Å². The first-order valence-electron chi connectivity index (χ1n) is 3.48. The number of hydrogen-bond donors (Lipinski definition) is 3. The zero-order valence-electron chi connectivity index (χ0n) is 7.09. The smallest absolute Gasteiger partial charge is 0.426 e. The standard InChI is InChI=1S/C6H14BNO3/c1-6(2,3)5(9)8-4-7(10)11/h10-11H,4H2,1-3H3,(H,8,9). The third-order valence-corrected chi connectivity index (χ3v) is 1.13. The molecule has 0 saturated heterocycles. The van der Waals surface area contributed by atoms with Crippen molar-refractivity contribution in [3.63, 3.8) is 0 Å². The topological polar surface area (TPSA) is 69.6 Å². The summed E-state index contributed by atoms with van der Waals surface area (Å²) in [5.74, 6) is -0.189. The number of rotatable bonds is 2. The van der Waals surface area contributed by atoms with E-state index in [1.54, 1.807) is 20.8 Å². The van der Waals surface area contributed by atoms with Crippen molar-refractivity contribution in [1.29, 1.82) is 0 Å².